The Morgan fingerprint density at radius 2 is 2.26 bits per heavy atom. The molecule has 0 unspecified atom stereocenters. The van der Waals surface area contributed by atoms with Gasteiger partial charge < -0.3 is 10.6 Å². The van der Waals surface area contributed by atoms with Gasteiger partial charge in [-0.15, -0.1) is 12.4 Å². The van der Waals surface area contributed by atoms with E-state index in [-0.39, 0.29) is 18.3 Å². The summed E-state index contributed by atoms with van der Waals surface area (Å²) in [7, 11) is 0. The highest BCUT2D eigenvalue weighted by Gasteiger charge is 2.10. The molecule has 0 atom stereocenters. The zero-order valence-electron chi connectivity index (χ0n) is 10.8. The molecule has 1 aliphatic rings. The average Bonchev–Trinajstić information content (AvgIpc) is 2.37. The van der Waals surface area contributed by atoms with Gasteiger partial charge in [-0.2, -0.15) is 0 Å². The van der Waals surface area contributed by atoms with E-state index in [1.807, 2.05) is 25.1 Å². The Morgan fingerprint density at radius 1 is 1.47 bits per heavy atom. The predicted molar refractivity (Wildman–Crippen MR) is 84.0 cm³/mol. The van der Waals surface area contributed by atoms with Gasteiger partial charge in [0.1, 0.15) is 0 Å². The molecular formula is C14H18BrClN2O. The van der Waals surface area contributed by atoms with Gasteiger partial charge in [-0.3, -0.25) is 4.79 Å². The Kier molecular flexibility index (Phi) is 6.55. The molecule has 1 aliphatic heterocycles. The highest BCUT2D eigenvalue weighted by molar-refractivity contribution is 9.10. The van der Waals surface area contributed by atoms with Crippen molar-refractivity contribution in [3.05, 3.63) is 45.4 Å². The number of benzene rings is 1. The Bertz CT molecular complexity index is 488. The first-order valence-corrected chi connectivity index (χ1v) is 6.89. The van der Waals surface area contributed by atoms with Crippen molar-refractivity contribution in [2.24, 2.45) is 0 Å². The lowest BCUT2D eigenvalue weighted by molar-refractivity contribution is 0.0956. The minimum absolute atomic E-state index is 0. The molecule has 1 amide bonds. The van der Waals surface area contributed by atoms with Crippen LogP contribution in [-0.2, 0) is 0 Å². The number of aryl methyl sites for hydroxylation is 1. The first-order valence-electron chi connectivity index (χ1n) is 6.10. The van der Waals surface area contributed by atoms with E-state index in [1.54, 1.807) is 0 Å². The van der Waals surface area contributed by atoms with Crippen LogP contribution < -0.4 is 10.6 Å². The summed E-state index contributed by atoms with van der Waals surface area (Å²) in [6.45, 7) is 4.50. The number of hydrogen-bond donors (Lipinski definition) is 2. The van der Waals surface area contributed by atoms with E-state index in [0.717, 1.165) is 35.1 Å². The van der Waals surface area contributed by atoms with Gasteiger partial charge in [-0.1, -0.05) is 27.6 Å². The molecular weight excluding hydrogens is 328 g/mol. The van der Waals surface area contributed by atoms with Crippen molar-refractivity contribution in [3.63, 3.8) is 0 Å². The van der Waals surface area contributed by atoms with E-state index < -0.39 is 0 Å². The SMILES string of the molecule is Cc1cc(Br)ccc1C(=O)NCC1=CCNCC1.Cl. The quantitative estimate of drug-likeness (QED) is 0.827. The Balaban J connectivity index is 0.00000180. The second-order valence-corrected chi connectivity index (χ2v) is 5.37. The number of hydrogen-bond acceptors (Lipinski definition) is 2. The molecule has 2 N–H and O–H groups in total. The third kappa shape index (κ3) is 4.64. The molecule has 104 valence electrons. The maximum atomic E-state index is 12.1. The van der Waals surface area contributed by atoms with Crippen LogP contribution in [0.3, 0.4) is 0 Å². The molecule has 1 aromatic carbocycles. The molecule has 0 fully saturated rings. The van der Waals surface area contributed by atoms with Gasteiger partial charge >= 0.3 is 0 Å². The fourth-order valence-corrected chi connectivity index (χ4v) is 2.48. The average molecular weight is 346 g/mol. The Hall–Kier alpha value is -0.840. The van der Waals surface area contributed by atoms with Crippen LogP contribution in [-0.4, -0.2) is 25.5 Å². The minimum atomic E-state index is -0.000525. The van der Waals surface area contributed by atoms with Crippen LogP contribution in [0.5, 0.6) is 0 Å². The van der Waals surface area contributed by atoms with Crippen molar-refractivity contribution in [2.45, 2.75) is 13.3 Å². The van der Waals surface area contributed by atoms with Crippen molar-refractivity contribution in [1.29, 1.82) is 0 Å². The molecule has 0 aliphatic carbocycles. The van der Waals surface area contributed by atoms with Crippen molar-refractivity contribution >= 4 is 34.2 Å². The highest BCUT2D eigenvalue weighted by atomic mass is 79.9. The summed E-state index contributed by atoms with van der Waals surface area (Å²) in [5, 5.41) is 6.23. The number of nitrogens with one attached hydrogen (secondary N) is 2. The predicted octanol–water partition coefficient (Wildman–Crippen LogP) is 2.83. The zero-order chi connectivity index (χ0) is 13.0. The van der Waals surface area contributed by atoms with Gasteiger partial charge in [0.05, 0.1) is 0 Å². The van der Waals surface area contributed by atoms with Crippen LogP contribution >= 0.6 is 28.3 Å². The maximum Gasteiger partial charge on any atom is 0.251 e. The number of rotatable bonds is 3. The summed E-state index contributed by atoms with van der Waals surface area (Å²) in [6, 6.07) is 5.70. The Morgan fingerprint density at radius 3 is 2.89 bits per heavy atom. The number of carbonyl (C=O) groups is 1. The zero-order valence-corrected chi connectivity index (χ0v) is 13.2. The van der Waals surface area contributed by atoms with E-state index in [2.05, 4.69) is 32.6 Å². The fraction of sp³-hybridized carbons (Fsp3) is 0.357. The van der Waals surface area contributed by atoms with E-state index in [0.29, 0.717) is 6.54 Å². The van der Waals surface area contributed by atoms with Crippen molar-refractivity contribution in [2.75, 3.05) is 19.6 Å². The molecule has 0 saturated heterocycles. The van der Waals surface area contributed by atoms with E-state index in [9.17, 15) is 4.79 Å². The van der Waals surface area contributed by atoms with Crippen molar-refractivity contribution < 1.29 is 4.79 Å². The molecule has 19 heavy (non-hydrogen) atoms. The normalized spacial score (nSPS) is 14.3. The molecule has 0 radical (unpaired) electrons. The van der Waals surface area contributed by atoms with Gasteiger partial charge in [0.2, 0.25) is 0 Å². The van der Waals surface area contributed by atoms with Gasteiger partial charge in [-0.05, 0) is 43.7 Å². The lowest BCUT2D eigenvalue weighted by Crippen LogP contribution is -2.30. The molecule has 1 heterocycles. The first kappa shape index (κ1) is 16.2. The van der Waals surface area contributed by atoms with Crippen LogP contribution in [0, 0.1) is 6.92 Å². The van der Waals surface area contributed by atoms with Crippen molar-refractivity contribution in [1.82, 2.24) is 10.6 Å². The summed E-state index contributed by atoms with van der Waals surface area (Å²) in [5.74, 6) is -0.000525. The first-order chi connectivity index (χ1) is 8.66. The summed E-state index contributed by atoms with van der Waals surface area (Å²) >= 11 is 3.40. The number of amides is 1. The Labute approximate surface area is 128 Å². The number of halogens is 2. The topological polar surface area (TPSA) is 41.1 Å². The van der Waals surface area contributed by atoms with E-state index in [1.165, 1.54) is 5.57 Å². The molecule has 2 rings (SSSR count). The van der Waals surface area contributed by atoms with Crippen LogP contribution in [0.2, 0.25) is 0 Å². The van der Waals surface area contributed by atoms with Crippen LogP contribution in [0.4, 0.5) is 0 Å². The smallest absolute Gasteiger partial charge is 0.251 e. The lowest BCUT2D eigenvalue weighted by Gasteiger charge is -2.15. The second-order valence-electron chi connectivity index (χ2n) is 4.46. The molecule has 0 spiro atoms. The van der Waals surface area contributed by atoms with Gasteiger partial charge in [0.15, 0.2) is 0 Å². The standard InChI is InChI=1S/C14H17BrN2O.ClH/c1-10-8-12(15)2-3-13(10)14(18)17-9-11-4-6-16-7-5-11;/h2-4,8,16H,5-7,9H2,1H3,(H,17,18);1H. The van der Waals surface area contributed by atoms with Crippen molar-refractivity contribution in [3.8, 4) is 0 Å². The summed E-state index contributed by atoms with van der Waals surface area (Å²) in [6.07, 6.45) is 3.16. The highest BCUT2D eigenvalue weighted by Crippen LogP contribution is 2.15. The molecule has 5 heteroatoms. The monoisotopic (exact) mass is 344 g/mol. The van der Waals surface area contributed by atoms with E-state index >= 15 is 0 Å². The molecule has 0 saturated carbocycles. The van der Waals surface area contributed by atoms with Crippen LogP contribution in [0.1, 0.15) is 22.3 Å². The summed E-state index contributed by atoms with van der Waals surface area (Å²) in [4.78, 5) is 12.1. The minimum Gasteiger partial charge on any atom is -0.348 e. The summed E-state index contributed by atoms with van der Waals surface area (Å²) in [5.41, 5.74) is 3.03. The van der Waals surface area contributed by atoms with Gasteiger partial charge in [0.25, 0.3) is 5.91 Å². The maximum absolute atomic E-state index is 12.1. The molecule has 0 bridgehead atoms. The molecule has 1 aromatic rings. The lowest BCUT2D eigenvalue weighted by atomic mass is 10.1. The summed E-state index contributed by atoms with van der Waals surface area (Å²) < 4.78 is 0.998. The molecule has 3 nitrogen and oxygen atoms in total. The largest absolute Gasteiger partial charge is 0.348 e. The second kappa shape index (κ2) is 7.68. The van der Waals surface area contributed by atoms with Gasteiger partial charge in [0, 0.05) is 23.1 Å². The fourth-order valence-electron chi connectivity index (χ4n) is 2.00. The third-order valence-electron chi connectivity index (χ3n) is 3.07. The number of carbonyl (C=O) groups excluding carboxylic acids is 1. The van der Waals surface area contributed by atoms with Crippen LogP contribution in [0.25, 0.3) is 0 Å². The van der Waals surface area contributed by atoms with Gasteiger partial charge in [-0.25, -0.2) is 0 Å². The molecule has 0 aromatic heterocycles. The third-order valence-corrected chi connectivity index (χ3v) is 3.56. The van der Waals surface area contributed by atoms with E-state index in [4.69, 9.17) is 0 Å². The van der Waals surface area contributed by atoms with Crippen LogP contribution in [0.15, 0.2) is 34.3 Å².